The highest BCUT2D eigenvalue weighted by atomic mass is 16.3. The van der Waals surface area contributed by atoms with E-state index in [9.17, 15) is 24.0 Å². The molecule has 2 atom stereocenters. The third kappa shape index (κ3) is 6.23. The number of carbonyl (C=O) groups excluding carboxylic acids is 5. The Kier molecular flexibility index (Phi) is 8.48. The lowest BCUT2D eigenvalue weighted by molar-refractivity contribution is -0.136. The van der Waals surface area contributed by atoms with Crippen LogP contribution in [0.25, 0.3) is 11.0 Å². The summed E-state index contributed by atoms with van der Waals surface area (Å²) in [7, 11) is 0. The molecule has 2 aromatic heterocycles. The van der Waals surface area contributed by atoms with E-state index in [1.54, 1.807) is 24.5 Å². The maximum Gasteiger partial charge on any atom is 0.263 e. The third-order valence-electron chi connectivity index (χ3n) is 7.71. The largest absolute Gasteiger partial charge is 0.459 e. The van der Waals surface area contributed by atoms with E-state index in [1.807, 2.05) is 42.5 Å². The van der Waals surface area contributed by atoms with E-state index in [0.717, 1.165) is 27.2 Å². The average Bonchev–Trinajstić information content (AvgIpc) is 3.58. The number of nitrogens with one attached hydrogen (secondary N) is 3. The van der Waals surface area contributed by atoms with Gasteiger partial charge in [-0.25, -0.2) is 0 Å². The number of amides is 5. The second-order valence-corrected chi connectivity index (χ2v) is 10.7. The summed E-state index contributed by atoms with van der Waals surface area (Å²) in [5, 5.41) is 9.51. The van der Waals surface area contributed by atoms with Crippen LogP contribution in [0.15, 0.2) is 77.5 Å². The molecule has 1 saturated heterocycles. The molecule has 1 fully saturated rings. The predicted octanol–water partition coefficient (Wildman–Crippen LogP) is 2.86. The molecule has 5 amide bonds. The Morgan fingerprint density at radius 2 is 1.91 bits per heavy atom. The van der Waals surface area contributed by atoms with Crippen LogP contribution in [0.5, 0.6) is 0 Å². The molecular weight excluding hydrogens is 574 g/mol. The molecule has 0 radical (unpaired) electrons. The van der Waals surface area contributed by atoms with Crippen molar-refractivity contribution in [2.24, 2.45) is 0 Å². The Bertz CT molecular complexity index is 1840. The molecule has 45 heavy (non-hydrogen) atoms. The Labute approximate surface area is 258 Å². The first-order valence-corrected chi connectivity index (χ1v) is 14.6. The first-order valence-electron chi connectivity index (χ1n) is 14.6. The van der Waals surface area contributed by atoms with Crippen LogP contribution in [0.2, 0.25) is 0 Å². The van der Waals surface area contributed by atoms with Crippen LogP contribution in [0.3, 0.4) is 0 Å². The Morgan fingerprint density at radius 3 is 2.71 bits per heavy atom. The van der Waals surface area contributed by atoms with Gasteiger partial charge in [-0.1, -0.05) is 42.2 Å². The molecule has 0 aliphatic carbocycles. The van der Waals surface area contributed by atoms with E-state index in [1.165, 1.54) is 6.07 Å². The van der Waals surface area contributed by atoms with E-state index in [4.69, 9.17) is 4.42 Å². The SMILES string of the molecule is O=C(CCC#Cc1cccc2c1C(=O)N(C1CCC(=O)NC1=O)C2=O)NCCNC(c1cccnc1)c1cc2ccccc2o1. The number of fused-ring (bicyclic) bond motifs is 2. The average molecular weight is 604 g/mol. The molecule has 6 rings (SSSR count). The number of hydrogen-bond donors (Lipinski definition) is 3. The lowest BCUT2D eigenvalue weighted by atomic mass is 10.0. The number of piperidine rings is 1. The van der Waals surface area contributed by atoms with Crippen molar-refractivity contribution in [1.82, 2.24) is 25.8 Å². The molecule has 2 aliphatic heterocycles. The number of imide groups is 2. The maximum absolute atomic E-state index is 13.2. The van der Waals surface area contributed by atoms with Crippen molar-refractivity contribution in [3.8, 4) is 11.8 Å². The zero-order valence-corrected chi connectivity index (χ0v) is 24.2. The van der Waals surface area contributed by atoms with Crippen LogP contribution in [0.4, 0.5) is 0 Å². The number of carbonyl (C=O) groups is 5. The van der Waals surface area contributed by atoms with Gasteiger partial charge in [-0.05, 0) is 42.3 Å². The molecule has 2 unspecified atom stereocenters. The number of rotatable bonds is 9. The van der Waals surface area contributed by atoms with E-state index >= 15 is 0 Å². The van der Waals surface area contributed by atoms with Crippen molar-refractivity contribution in [3.63, 3.8) is 0 Å². The maximum atomic E-state index is 13.2. The smallest absolute Gasteiger partial charge is 0.263 e. The van der Waals surface area contributed by atoms with Crippen LogP contribution in [0.1, 0.15) is 69.3 Å². The van der Waals surface area contributed by atoms with Gasteiger partial charge in [-0.2, -0.15) is 0 Å². The summed E-state index contributed by atoms with van der Waals surface area (Å²) in [6, 6.07) is 17.1. The molecule has 3 N–H and O–H groups in total. The molecule has 0 saturated carbocycles. The first kappa shape index (κ1) is 29.5. The summed E-state index contributed by atoms with van der Waals surface area (Å²) in [5.74, 6) is 4.09. The van der Waals surface area contributed by atoms with Crippen molar-refractivity contribution >= 4 is 40.5 Å². The first-order chi connectivity index (χ1) is 21.9. The molecule has 2 aromatic carbocycles. The normalized spacial score (nSPS) is 16.6. The number of nitrogens with zero attached hydrogens (tertiary/aromatic N) is 2. The van der Waals surface area contributed by atoms with Crippen LogP contribution < -0.4 is 16.0 Å². The van der Waals surface area contributed by atoms with Gasteiger partial charge in [0.25, 0.3) is 11.8 Å². The Morgan fingerprint density at radius 1 is 1.04 bits per heavy atom. The molecule has 226 valence electrons. The number of para-hydroxylation sites is 1. The topological polar surface area (TPSA) is 151 Å². The molecule has 0 bridgehead atoms. The third-order valence-corrected chi connectivity index (χ3v) is 7.71. The second-order valence-electron chi connectivity index (χ2n) is 10.7. The fourth-order valence-electron chi connectivity index (χ4n) is 5.53. The number of pyridine rings is 1. The Balaban J connectivity index is 1.02. The van der Waals surface area contributed by atoms with Crippen molar-refractivity contribution in [2.75, 3.05) is 13.1 Å². The van der Waals surface area contributed by atoms with Crippen LogP contribution >= 0.6 is 0 Å². The van der Waals surface area contributed by atoms with E-state index < -0.39 is 29.7 Å². The monoisotopic (exact) mass is 603 g/mol. The number of furan rings is 1. The lowest BCUT2D eigenvalue weighted by Crippen LogP contribution is -2.54. The van der Waals surface area contributed by atoms with Gasteiger partial charge in [0.1, 0.15) is 17.4 Å². The summed E-state index contributed by atoms with van der Waals surface area (Å²) in [4.78, 5) is 67.7. The van der Waals surface area contributed by atoms with Gasteiger partial charge in [0, 0.05) is 55.7 Å². The highest BCUT2D eigenvalue weighted by Gasteiger charge is 2.45. The molecule has 11 heteroatoms. The quantitative estimate of drug-likeness (QED) is 0.150. The summed E-state index contributed by atoms with van der Waals surface area (Å²) in [6.45, 7) is 0.853. The molecule has 4 heterocycles. The van der Waals surface area contributed by atoms with Crippen molar-refractivity contribution in [2.45, 2.75) is 37.8 Å². The zero-order valence-electron chi connectivity index (χ0n) is 24.2. The van der Waals surface area contributed by atoms with Gasteiger partial charge in [0.2, 0.25) is 17.7 Å². The van der Waals surface area contributed by atoms with Crippen LogP contribution in [-0.4, -0.2) is 58.6 Å². The Hall–Kier alpha value is -5.60. The standard InChI is InChI=1S/C34H29N5O6/c40-28(36-17-18-37-31(23-10-6-16-35-20-23)27-19-22-8-1-3-12-26(22)45-27)13-4-2-7-21-9-5-11-24-30(21)34(44)39(33(24)43)25-14-15-29(41)38-32(25)42/h1,3,5-6,8-12,16,19-20,25,31,37H,4,13-15,17-18H2,(H,36,40)(H,38,41,42). The number of hydrogen-bond acceptors (Lipinski definition) is 8. The van der Waals surface area contributed by atoms with Gasteiger partial charge >= 0.3 is 0 Å². The fourth-order valence-corrected chi connectivity index (χ4v) is 5.53. The van der Waals surface area contributed by atoms with Gasteiger partial charge in [-0.15, -0.1) is 0 Å². The fraction of sp³-hybridized carbons (Fsp3) is 0.235. The lowest BCUT2D eigenvalue weighted by Gasteiger charge is -2.27. The van der Waals surface area contributed by atoms with Crippen molar-refractivity contribution < 1.29 is 28.4 Å². The number of benzene rings is 2. The highest BCUT2D eigenvalue weighted by Crippen LogP contribution is 2.30. The van der Waals surface area contributed by atoms with Crippen LogP contribution in [0, 0.1) is 11.8 Å². The van der Waals surface area contributed by atoms with Crippen molar-refractivity contribution in [3.05, 3.63) is 101 Å². The summed E-state index contributed by atoms with van der Waals surface area (Å²) in [5.41, 5.74) is 2.36. The van der Waals surface area contributed by atoms with Gasteiger partial charge in [0.05, 0.1) is 17.2 Å². The van der Waals surface area contributed by atoms with E-state index in [0.29, 0.717) is 18.7 Å². The van der Waals surface area contributed by atoms with Gasteiger partial charge < -0.3 is 15.1 Å². The minimum atomic E-state index is -1.05. The molecular formula is C34H29N5O6. The minimum Gasteiger partial charge on any atom is -0.459 e. The van der Waals surface area contributed by atoms with Gasteiger partial charge in [-0.3, -0.25) is 39.2 Å². The highest BCUT2D eigenvalue weighted by molar-refractivity contribution is 6.24. The summed E-state index contributed by atoms with van der Waals surface area (Å²) in [6.07, 6.45) is 3.99. The van der Waals surface area contributed by atoms with Crippen LogP contribution in [-0.2, 0) is 14.4 Å². The molecule has 11 nitrogen and oxygen atoms in total. The summed E-state index contributed by atoms with van der Waals surface area (Å²) >= 11 is 0. The second kappa shape index (κ2) is 13.0. The van der Waals surface area contributed by atoms with Crippen molar-refractivity contribution in [1.29, 1.82) is 0 Å². The van der Waals surface area contributed by atoms with E-state index in [-0.39, 0.29) is 48.8 Å². The minimum absolute atomic E-state index is 0.0426. The zero-order chi connectivity index (χ0) is 31.3. The summed E-state index contributed by atoms with van der Waals surface area (Å²) < 4.78 is 6.09. The van der Waals surface area contributed by atoms with E-state index in [2.05, 4.69) is 32.8 Å². The molecule has 2 aliphatic rings. The predicted molar refractivity (Wildman–Crippen MR) is 163 cm³/mol. The molecule has 0 spiro atoms. The number of aromatic nitrogens is 1. The van der Waals surface area contributed by atoms with Gasteiger partial charge in [0.15, 0.2) is 0 Å². The molecule has 4 aromatic rings.